The standard InChI is InChI=1S/C19H28F3N3O2.HI/c1-14(16-5-3-6-17(11-16)19(20,21)22)25-18(23-2)24-8-4-9-26-12-15-7-10-27-13-15;/h3,5-6,11,14-15H,4,7-10,12-13H2,1-2H3,(H2,23,24,25);1H. The van der Waals surface area contributed by atoms with Crippen LogP contribution in [0.4, 0.5) is 13.2 Å². The van der Waals surface area contributed by atoms with E-state index in [4.69, 9.17) is 9.47 Å². The second-order valence-corrected chi connectivity index (χ2v) is 6.65. The van der Waals surface area contributed by atoms with Crippen molar-refractivity contribution in [3.63, 3.8) is 0 Å². The van der Waals surface area contributed by atoms with Gasteiger partial charge in [-0.15, -0.1) is 24.0 Å². The molecule has 2 rings (SSSR count). The van der Waals surface area contributed by atoms with Gasteiger partial charge in [-0.3, -0.25) is 4.99 Å². The topological polar surface area (TPSA) is 54.9 Å². The first-order valence-corrected chi connectivity index (χ1v) is 9.20. The monoisotopic (exact) mass is 515 g/mol. The van der Waals surface area contributed by atoms with Crippen molar-refractivity contribution in [1.29, 1.82) is 0 Å². The molecule has 0 saturated carbocycles. The van der Waals surface area contributed by atoms with Crippen LogP contribution in [-0.2, 0) is 15.7 Å². The number of halogens is 4. The molecule has 1 aliphatic rings. The van der Waals surface area contributed by atoms with Gasteiger partial charge in [0.15, 0.2) is 5.96 Å². The summed E-state index contributed by atoms with van der Waals surface area (Å²) in [5.41, 5.74) is -0.101. The normalized spacial score (nSPS) is 18.5. The second kappa shape index (κ2) is 12.5. The number of nitrogens with one attached hydrogen (secondary N) is 2. The summed E-state index contributed by atoms with van der Waals surface area (Å²) >= 11 is 0. The molecule has 2 N–H and O–H groups in total. The minimum Gasteiger partial charge on any atom is -0.381 e. The van der Waals surface area contributed by atoms with Crippen molar-refractivity contribution in [2.45, 2.75) is 32.0 Å². The van der Waals surface area contributed by atoms with Gasteiger partial charge in [-0.1, -0.05) is 12.1 Å². The Morgan fingerprint density at radius 2 is 2.18 bits per heavy atom. The van der Waals surface area contributed by atoms with Crippen LogP contribution in [0.2, 0.25) is 0 Å². The minimum absolute atomic E-state index is 0. The highest BCUT2D eigenvalue weighted by molar-refractivity contribution is 14.0. The van der Waals surface area contributed by atoms with Gasteiger partial charge < -0.3 is 20.1 Å². The van der Waals surface area contributed by atoms with Crippen LogP contribution in [0.15, 0.2) is 29.3 Å². The SMILES string of the molecule is CN=C(NCCCOCC1CCOC1)NC(C)c1cccc(C(F)(F)F)c1.I. The van der Waals surface area contributed by atoms with Crippen LogP contribution in [0.1, 0.15) is 36.9 Å². The highest BCUT2D eigenvalue weighted by atomic mass is 127. The Morgan fingerprint density at radius 3 is 2.82 bits per heavy atom. The van der Waals surface area contributed by atoms with Crippen LogP contribution < -0.4 is 10.6 Å². The molecule has 0 spiro atoms. The molecule has 0 bridgehead atoms. The molecular weight excluding hydrogens is 486 g/mol. The predicted octanol–water partition coefficient (Wildman–Crippen LogP) is 3.99. The number of alkyl halides is 3. The van der Waals surface area contributed by atoms with Crippen LogP contribution in [0.25, 0.3) is 0 Å². The summed E-state index contributed by atoms with van der Waals surface area (Å²) in [5, 5.41) is 6.27. The number of rotatable bonds is 8. The Hall–Kier alpha value is -1.07. The first-order valence-electron chi connectivity index (χ1n) is 9.20. The number of benzene rings is 1. The van der Waals surface area contributed by atoms with Crippen LogP contribution in [-0.4, -0.2) is 46.0 Å². The fourth-order valence-electron chi connectivity index (χ4n) is 2.81. The summed E-state index contributed by atoms with van der Waals surface area (Å²) in [5.74, 6) is 1.05. The molecule has 1 fully saturated rings. The van der Waals surface area contributed by atoms with Crippen LogP contribution in [0.3, 0.4) is 0 Å². The Morgan fingerprint density at radius 1 is 1.39 bits per heavy atom. The van der Waals surface area contributed by atoms with Crippen molar-refractivity contribution in [3.8, 4) is 0 Å². The molecule has 1 saturated heterocycles. The largest absolute Gasteiger partial charge is 0.416 e. The maximum Gasteiger partial charge on any atom is 0.416 e. The zero-order valence-corrected chi connectivity index (χ0v) is 18.6. The zero-order chi connectivity index (χ0) is 19.7. The molecule has 0 radical (unpaired) electrons. The third-order valence-corrected chi connectivity index (χ3v) is 4.43. The lowest BCUT2D eigenvalue weighted by atomic mass is 10.1. The van der Waals surface area contributed by atoms with Crippen molar-refractivity contribution in [2.24, 2.45) is 10.9 Å². The van der Waals surface area contributed by atoms with E-state index >= 15 is 0 Å². The summed E-state index contributed by atoms with van der Waals surface area (Å²) in [6.07, 6.45) is -2.48. The van der Waals surface area contributed by atoms with E-state index < -0.39 is 11.7 Å². The predicted molar refractivity (Wildman–Crippen MR) is 114 cm³/mol. The summed E-state index contributed by atoms with van der Waals surface area (Å²) < 4.78 is 49.5. The highest BCUT2D eigenvalue weighted by Crippen LogP contribution is 2.30. The van der Waals surface area contributed by atoms with Gasteiger partial charge in [-0.2, -0.15) is 13.2 Å². The van der Waals surface area contributed by atoms with Gasteiger partial charge in [-0.05, 0) is 37.5 Å². The molecule has 2 atom stereocenters. The molecular formula is C19H29F3IN3O2. The van der Waals surface area contributed by atoms with E-state index in [2.05, 4.69) is 15.6 Å². The van der Waals surface area contributed by atoms with Crippen molar-refractivity contribution >= 4 is 29.9 Å². The molecule has 9 heteroatoms. The molecule has 0 aromatic heterocycles. The molecule has 2 unspecified atom stereocenters. The fourth-order valence-corrected chi connectivity index (χ4v) is 2.81. The molecule has 1 heterocycles. The van der Waals surface area contributed by atoms with Gasteiger partial charge in [-0.25, -0.2) is 0 Å². The summed E-state index contributed by atoms with van der Waals surface area (Å²) in [4.78, 5) is 4.12. The van der Waals surface area contributed by atoms with Gasteiger partial charge in [0.2, 0.25) is 0 Å². The maximum absolute atomic E-state index is 12.9. The van der Waals surface area contributed by atoms with E-state index in [0.717, 1.165) is 44.8 Å². The van der Waals surface area contributed by atoms with Gasteiger partial charge in [0.1, 0.15) is 0 Å². The third kappa shape index (κ3) is 8.52. The molecule has 1 aliphatic heterocycles. The van der Waals surface area contributed by atoms with E-state index in [-0.39, 0.29) is 30.0 Å². The van der Waals surface area contributed by atoms with E-state index in [9.17, 15) is 13.2 Å². The van der Waals surface area contributed by atoms with Crippen LogP contribution >= 0.6 is 24.0 Å². The van der Waals surface area contributed by atoms with Gasteiger partial charge in [0.25, 0.3) is 0 Å². The average molecular weight is 515 g/mol. The molecule has 0 aliphatic carbocycles. The molecule has 0 amide bonds. The fraction of sp³-hybridized carbons (Fsp3) is 0.632. The lowest BCUT2D eigenvalue weighted by molar-refractivity contribution is -0.137. The van der Waals surface area contributed by atoms with E-state index in [1.807, 2.05) is 0 Å². The summed E-state index contributed by atoms with van der Waals surface area (Å²) in [7, 11) is 1.63. The minimum atomic E-state index is -4.35. The number of ether oxygens (including phenoxy) is 2. The number of nitrogens with zero attached hydrogens (tertiary/aromatic N) is 1. The van der Waals surface area contributed by atoms with Gasteiger partial charge >= 0.3 is 6.18 Å². The van der Waals surface area contributed by atoms with Crippen LogP contribution in [0, 0.1) is 5.92 Å². The van der Waals surface area contributed by atoms with Gasteiger partial charge in [0, 0.05) is 32.7 Å². The molecule has 5 nitrogen and oxygen atoms in total. The Bertz CT molecular complexity index is 608. The molecule has 160 valence electrons. The van der Waals surface area contributed by atoms with Crippen molar-refractivity contribution in [2.75, 3.05) is 40.0 Å². The van der Waals surface area contributed by atoms with Crippen molar-refractivity contribution in [1.82, 2.24) is 10.6 Å². The smallest absolute Gasteiger partial charge is 0.381 e. The summed E-state index contributed by atoms with van der Waals surface area (Å²) in [6, 6.07) is 5.00. The van der Waals surface area contributed by atoms with E-state index in [0.29, 0.717) is 30.6 Å². The average Bonchev–Trinajstić information content (AvgIpc) is 3.16. The molecule has 28 heavy (non-hydrogen) atoms. The van der Waals surface area contributed by atoms with Crippen molar-refractivity contribution in [3.05, 3.63) is 35.4 Å². The van der Waals surface area contributed by atoms with E-state index in [1.54, 1.807) is 20.0 Å². The Balaban J connectivity index is 0.00000392. The summed E-state index contributed by atoms with van der Waals surface area (Å²) in [6.45, 7) is 5.43. The number of guanidine groups is 1. The Kier molecular flexibility index (Phi) is 11.1. The van der Waals surface area contributed by atoms with Crippen LogP contribution in [0.5, 0.6) is 0 Å². The maximum atomic E-state index is 12.9. The second-order valence-electron chi connectivity index (χ2n) is 6.65. The van der Waals surface area contributed by atoms with Crippen molar-refractivity contribution < 1.29 is 22.6 Å². The molecule has 1 aromatic rings. The van der Waals surface area contributed by atoms with E-state index in [1.165, 1.54) is 6.07 Å². The zero-order valence-electron chi connectivity index (χ0n) is 16.2. The lowest BCUT2D eigenvalue weighted by Crippen LogP contribution is -2.39. The lowest BCUT2D eigenvalue weighted by Gasteiger charge is -2.19. The number of hydrogen-bond acceptors (Lipinski definition) is 3. The third-order valence-electron chi connectivity index (χ3n) is 4.43. The number of aliphatic imine (C=N–C) groups is 1. The first kappa shape index (κ1) is 25.0. The quantitative estimate of drug-likeness (QED) is 0.238. The molecule has 1 aromatic carbocycles. The first-order chi connectivity index (χ1) is 12.9. The van der Waals surface area contributed by atoms with Gasteiger partial charge in [0.05, 0.1) is 24.8 Å². The highest BCUT2D eigenvalue weighted by Gasteiger charge is 2.30. The Labute approximate surface area is 181 Å². The number of hydrogen-bond donors (Lipinski definition) is 2.